The third-order valence-corrected chi connectivity index (χ3v) is 3.53. The van der Waals surface area contributed by atoms with Crippen LogP contribution >= 0.6 is 22.6 Å². The van der Waals surface area contributed by atoms with E-state index in [9.17, 15) is 0 Å². The average molecular weight is 331 g/mol. The fourth-order valence-electron chi connectivity index (χ4n) is 2.26. The van der Waals surface area contributed by atoms with Crippen molar-refractivity contribution < 1.29 is 4.74 Å². The summed E-state index contributed by atoms with van der Waals surface area (Å²) in [7, 11) is 0. The first-order chi connectivity index (χ1) is 7.63. The van der Waals surface area contributed by atoms with E-state index < -0.39 is 0 Å². The van der Waals surface area contributed by atoms with E-state index in [0.717, 1.165) is 19.6 Å². The highest BCUT2D eigenvalue weighted by molar-refractivity contribution is 14.1. The normalized spacial score (nSPS) is 26.9. The highest BCUT2D eigenvalue weighted by Crippen LogP contribution is 2.15. The van der Waals surface area contributed by atoms with Gasteiger partial charge in [-0.05, 0) is 54.1 Å². The quantitative estimate of drug-likeness (QED) is 0.773. The number of ether oxygens (including phenoxy) is 1. The molecule has 0 radical (unpaired) electrons. The minimum atomic E-state index is 0.354. The summed E-state index contributed by atoms with van der Waals surface area (Å²) in [5.41, 5.74) is 1.39. The van der Waals surface area contributed by atoms with Crippen molar-refractivity contribution in [2.45, 2.75) is 32.6 Å². The number of hydrogen-bond donors (Lipinski definition) is 0. The molecule has 0 aliphatic carbocycles. The van der Waals surface area contributed by atoms with Crippen LogP contribution in [0.3, 0.4) is 0 Å². The van der Waals surface area contributed by atoms with E-state index in [-0.39, 0.29) is 0 Å². The molecule has 1 aromatic rings. The molecule has 0 N–H and O–H groups in total. The molecule has 3 heteroatoms. The number of benzene rings is 1. The van der Waals surface area contributed by atoms with Crippen molar-refractivity contribution in [2.24, 2.45) is 0 Å². The molecule has 1 aliphatic rings. The number of hydrogen-bond acceptors (Lipinski definition) is 2. The summed E-state index contributed by atoms with van der Waals surface area (Å²) in [6.45, 7) is 7.41. The molecule has 2 atom stereocenters. The molecule has 2 unspecified atom stereocenters. The molecule has 2 nitrogen and oxygen atoms in total. The highest BCUT2D eigenvalue weighted by atomic mass is 127. The smallest absolute Gasteiger partial charge is 0.0678 e. The second-order valence-corrected chi connectivity index (χ2v) is 5.82. The molecule has 1 aromatic carbocycles. The Kier molecular flexibility index (Phi) is 4.21. The lowest BCUT2D eigenvalue weighted by Gasteiger charge is -2.35. The van der Waals surface area contributed by atoms with Gasteiger partial charge in [-0.25, -0.2) is 0 Å². The van der Waals surface area contributed by atoms with Gasteiger partial charge in [-0.15, -0.1) is 0 Å². The predicted molar refractivity (Wildman–Crippen MR) is 74.4 cm³/mol. The van der Waals surface area contributed by atoms with Crippen LogP contribution in [0.25, 0.3) is 0 Å². The van der Waals surface area contributed by atoms with Crippen LogP contribution in [0.1, 0.15) is 19.4 Å². The van der Waals surface area contributed by atoms with Crippen LogP contribution in [-0.4, -0.2) is 30.2 Å². The molecule has 0 saturated carbocycles. The van der Waals surface area contributed by atoms with Crippen LogP contribution in [-0.2, 0) is 11.3 Å². The van der Waals surface area contributed by atoms with Crippen LogP contribution in [0.4, 0.5) is 0 Å². The van der Waals surface area contributed by atoms with Crippen molar-refractivity contribution in [2.75, 3.05) is 13.1 Å². The number of rotatable bonds is 2. The van der Waals surface area contributed by atoms with Gasteiger partial charge >= 0.3 is 0 Å². The Balaban J connectivity index is 1.96. The lowest BCUT2D eigenvalue weighted by Crippen LogP contribution is -2.44. The maximum Gasteiger partial charge on any atom is 0.0678 e. The van der Waals surface area contributed by atoms with Gasteiger partial charge in [0.25, 0.3) is 0 Å². The molecule has 0 aromatic heterocycles. The molecule has 88 valence electrons. The highest BCUT2D eigenvalue weighted by Gasteiger charge is 2.21. The van der Waals surface area contributed by atoms with E-state index in [0.29, 0.717) is 12.2 Å². The monoisotopic (exact) mass is 331 g/mol. The maximum atomic E-state index is 5.73. The molecule has 0 spiro atoms. The Bertz CT molecular complexity index is 328. The van der Waals surface area contributed by atoms with E-state index in [2.05, 4.69) is 65.6 Å². The summed E-state index contributed by atoms with van der Waals surface area (Å²) >= 11 is 2.34. The maximum absolute atomic E-state index is 5.73. The van der Waals surface area contributed by atoms with Crippen LogP contribution in [0.5, 0.6) is 0 Å². The van der Waals surface area contributed by atoms with Gasteiger partial charge in [0.15, 0.2) is 0 Å². The number of halogens is 1. The van der Waals surface area contributed by atoms with E-state index in [1.165, 1.54) is 9.13 Å². The predicted octanol–water partition coefficient (Wildman–Crippen LogP) is 2.90. The molecule has 1 aliphatic heterocycles. The molecule has 2 rings (SSSR count). The zero-order chi connectivity index (χ0) is 11.5. The summed E-state index contributed by atoms with van der Waals surface area (Å²) in [6, 6.07) is 8.77. The average Bonchev–Trinajstić information content (AvgIpc) is 2.20. The molecule has 16 heavy (non-hydrogen) atoms. The van der Waals surface area contributed by atoms with Crippen LogP contribution in [0.2, 0.25) is 0 Å². The van der Waals surface area contributed by atoms with Crippen molar-refractivity contribution in [1.29, 1.82) is 0 Å². The van der Waals surface area contributed by atoms with Gasteiger partial charge in [0.2, 0.25) is 0 Å². The Morgan fingerprint density at radius 2 is 1.75 bits per heavy atom. The van der Waals surface area contributed by atoms with Crippen molar-refractivity contribution in [3.8, 4) is 0 Å². The van der Waals surface area contributed by atoms with E-state index in [4.69, 9.17) is 4.74 Å². The Morgan fingerprint density at radius 3 is 2.31 bits per heavy atom. The van der Waals surface area contributed by atoms with Gasteiger partial charge in [-0.1, -0.05) is 12.1 Å². The van der Waals surface area contributed by atoms with Crippen molar-refractivity contribution in [3.63, 3.8) is 0 Å². The van der Waals surface area contributed by atoms with E-state index >= 15 is 0 Å². The first-order valence-electron chi connectivity index (χ1n) is 5.76. The third kappa shape index (κ3) is 3.43. The van der Waals surface area contributed by atoms with Gasteiger partial charge in [0, 0.05) is 23.2 Å². The third-order valence-electron chi connectivity index (χ3n) is 2.81. The summed E-state index contributed by atoms with van der Waals surface area (Å²) in [5, 5.41) is 0. The minimum Gasteiger partial charge on any atom is -0.373 e. The summed E-state index contributed by atoms with van der Waals surface area (Å²) in [6.07, 6.45) is 0.709. The molecule has 1 saturated heterocycles. The molecular weight excluding hydrogens is 313 g/mol. The molecule has 1 fully saturated rings. The summed E-state index contributed by atoms with van der Waals surface area (Å²) < 4.78 is 7.03. The zero-order valence-electron chi connectivity index (χ0n) is 9.82. The van der Waals surface area contributed by atoms with E-state index in [1.54, 1.807) is 0 Å². The molecule has 0 bridgehead atoms. The van der Waals surface area contributed by atoms with Crippen molar-refractivity contribution in [3.05, 3.63) is 33.4 Å². The largest absolute Gasteiger partial charge is 0.373 e. The van der Waals surface area contributed by atoms with Crippen molar-refractivity contribution >= 4 is 22.6 Å². The molecule has 0 amide bonds. The number of morpholine rings is 1. The van der Waals surface area contributed by atoms with Gasteiger partial charge in [0.05, 0.1) is 12.2 Å². The molecule has 1 heterocycles. The van der Waals surface area contributed by atoms with Gasteiger partial charge in [-0.3, -0.25) is 4.90 Å². The Morgan fingerprint density at radius 1 is 1.19 bits per heavy atom. The van der Waals surface area contributed by atoms with Crippen LogP contribution in [0, 0.1) is 3.57 Å². The van der Waals surface area contributed by atoms with Gasteiger partial charge in [-0.2, -0.15) is 0 Å². The lowest BCUT2D eigenvalue weighted by molar-refractivity contribution is -0.0704. The fraction of sp³-hybridized carbons (Fsp3) is 0.538. The summed E-state index contributed by atoms with van der Waals surface area (Å²) in [5.74, 6) is 0. The minimum absolute atomic E-state index is 0.354. The zero-order valence-corrected chi connectivity index (χ0v) is 12.0. The fourth-order valence-corrected chi connectivity index (χ4v) is 2.62. The first-order valence-corrected chi connectivity index (χ1v) is 6.83. The van der Waals surface area contributed by atoms with Gasteiger partial charge < -0.3 is 4.74 Å². The molecular formula is C13H18INO. The second-order valence-electron chi connectivity index (χ2n) is 4.58. The topological polar surface area (TPSA) is 12.5 Å². The van der Waals surface area contributed by atoms with Gasteiger partial charge in [0.1, 0.15) is 0 Å². The Labute approximate surface area is 111 Å². The first kappa shape index (κ1) is 12.3. The van der Waals surface area contributed by atoms with Crippen molar-refractivity contribution in [1.82, 2.24) is 4.90 Å². The standard InChI is InChI=1S/C13H18INO/c1-10-7-15(8-11(2)16-10)9-12-3-5-13(14)6-4-12/h3-6,10-11H,7-9H2,1-2H3. The SMILES string of the molecule is CC1CN(Cc2ccc(I)cc2)CC(C)O1. The summed E-state index contributed by atoms with van der Waals surface area (Å²) in [4.78, 5) is 2.47. The van der Waals surface area contributed by atoms with Crippen LogP contribution < -0.4 is 0 Å². The van der Waals surface area contributed by atoms with Crippen LogP contribution in [0.15, 0.2) is 24.3 Å². The number of nitrogens with zero attached hydrogens (tertiary/aromatic N) is 1. The Hall–Kier alpha value is -0.130. The van der Waals surface area contributed by atoms with E-state index in [1.807, 2.05) is 0 Å². The lowest BCUT2D eigenvalue weighted by atomic mass is 10.1. The second kappa shape index (κ2) is 5.47.